The topological polar surface area (TPSA) is 44.3 Å². The molecule has 0 spiro atoms. The van der Waals surface area contributed by atoms with Gasteiger partial charge >= 0.3 is 0 Å². The summed E-state index contributed by atoms with van der Waals surface area (Å²) in [7, 11) is 0. The summed E-state index contributed by atoms with van der Waals surface area (Å²) in [5, 5.41) is 15.2. The van der Waals surface area contributed by atoms with E-state index in [1.54, 1.807) is 0 Å². The van der Waals surface area contributed by atoms with Crippen molar-refractivity contribution in [3.8, 4) is 0 Å². The molecule has 0 aromatic heterocycles. The number of hydrogen-bond donors (Lipinski definition) is 3. The zero-order valence-electron chi connectivity index (χ0n) is 7.68. The molecule has 0 aromatic rings. The summed E-state index contributed by atoms with van der Waals surface area (Å²) in [5.74, 6) is 0.763. The Morgan fingerprint density at radius 2 is 2.33 bits per heavy atom. The molecule has 1 aliphatic heterocycles. The predicted octanol–water partition coefficient (Wildman–Crippen LogP) is -0.0420. The normalized spacial score (nSPS) is 25.2. The van der Waals surface area contributed by atoms with Gasteiger partial charge in [0.15, 0.2) is 0 Å². The molecule has 1 unspecified atom stereocenters. The highest BCUT2D eigenvalue weighted by Gasteiger charge is 2.10. The van der Waals surface area contributed by atoms with Gasteiger partial charge in [0.2, 0.25) is 0 Å². The molecule has 1 atom stereocenters. The number of hydrogen-bond acceptors (Lipinski definition) is 3. The molecule has 1 rings (SSSR count). The van der Waals surface area contributed by atoms with E-state index < -0.39 is 0 Å². The molecule has 0 aliphatic carbocycles. The van der Waals surface area contributed by atoms with Crippen LogP contribution in [0.1, 0.15) is 19.3 Å². The van der Waals surface area contributed by atoms with Gasteiger partial charge in [0, 0.05) is 6.54 Å². The lowest BCUT2D eigenvalue weighted by Gasteiger charge is -2.14. The van der Waals surface area contributed by atoms with E-state index in [4.69, 9.17) is 5.11 Å². The molecule has 1 aliphatic rings. The predicted molar refractivity (Wildman–Crippen MR) is 50.2 cm³/mol. The molecule has 1 heterocycles. The lowest BCUT2D eigenvalue weighted by Crippen LogP contribution is -2.31. The van der Waals surface area contributed by atoms with Crippen molar-refractivity contribution < 1.29 is 5.11 Å². The van der Waals surface area contributed by atoms with Gasteiger partial charge < -0.3 is 15.7 Å². The van der Waals surface area contributed by atoms with Crippen LogP contribution < -0.4 is 10.6 Å². The summed E-state index contributed by atoms with van der Waals surface area (Å²) in [6.45, 7) is 4.35. The van der Waals surface area contributed by atoms with Crippen molar-refractivity contribution in [2.24, 2.45) is 5.92 Å². The van der Waals surface area contributed by atoms with Crippen LogP contribution in [-0.4, -0.2) is 37.9 Å². The van der Waals surface area contributed by atoms with Crippen molar-refractivity contribution in [2.45, 2.75) is 19.3 Å². The summed E-state index contributed by atoms with van der Waals surface area (Å²) in [5.41, 5.74) is 0. The number of rotatable bonds is 4. The minimum absolute atomic E-state index is 0.250. The van der Waals surface area contributed by atoms with Crippen LogP contribution in [0.5, 0.6) is 0 Å². The van der Waals surface area contributed by atoms with Gasteiger partial charge in [0.1, 0.15) is 0 Å². The molecule has 72 valence electrons. The molecule has 3 heteroatoms. The van der Waals surface area contributed by atoms with Crippen molar-refractivity contribution in [3.63, 3.8) is 0 Å². The molecular weight excluding hydrogens is 152 g/mol. The highest BCUT2D eigenvalue weighted by atomic mass is 16.3. The summed E-state index contributed by atoms with van der Waals surface area (Å²) in [6, 6.07) is 0. The second kappa shape index (κ2) is 6.40. The van der Waals surface area contributed by atoms with Crippen molar-refractivity contribution in [3.05, 3.63) is 0 Å². The maximum absolute atomic E-state index is 8.57. The highest BCUT2D eigenvalue weighted by molar-refractivity contribution is 4.69. The monoisotopic (exact) mass is 172 g/mol. The van der Waals surface area contributed by atoms with E-state index in [1.165, 1.54) is 25.8 Å². The van der Waals surface area contributed by atoms with Gasteiger partial charge in [-0.3, -0.25) is 0 Å². The Bertz CT molecular complexity index is 101. The molecule has 3 nitrogen and oxygen atoms in total. The molecular formula is C9H20N2O. The van der Waals surface area contributed by atoms with Gasteiger partial charge in [-0.05, 0) is 38.4 Å². The molecule has 0 amide bonds. The summed E-state index contributed by atoms with van der Waals surface area (Å²) in [4.78, 5) is 0. The third kappa shape index (κ3) is 4.04. The Morgan fingerprint density at radius 1 is 1.42 bits per heavy atom. The molecule has 0 radical (unpaired) electrons. The maximum atomic E-state index is 8.57. The smallest absolute Gasteiger partial charge is 0.0555 e. The lowest BCUT2D eigenvalue weighted by molar-refractivity contribution is 0.286. The third-order valence-electron chi connectivity index (χ3n) is 2.37. The van der Waals surface area contributed by atoms with E-state index in [0.29, 0.717) is 0 Å². The Kier molecular flexibility index (Phi) is 5.32. The zero-order valence-corrected chi connectivity index (χ0v) is 7.68. The molecule has 1 saturated heterocycles. The minimum atomic E-state index is 0.250. The minimum Gasteiger partial charge on any atom is -0.395 e. The van der Waals surface area contributed by atoms with Crippen LogP contribution in [0, 0.1) is 5.92 Å². The molecule has 0 bridgehead atoms. The second-order valence-electron chi connectivity index (χ2n) is 3.49. The number of nitrogens with one attached hydrogen (secondary N) is 2. The van der Waals surface area contributed by atoms with Crippen LogP contribution in [0.2, 0.25) is 0 Å². The quantitative estimate of drug-likeness (QED) is 0.521. The Labute approximate surface area is 74.5 Å². The van der Waals surface area contributed by atoms with Crippen molar-refractivity contribution >= 4 is 0 Å². The van der Waals surface area contributed by atoms with E-state index in [-0.39, 0.29) is 6.61 Å². The first-order valence-corrected chi connectivity index (χ1v) is 4.96. The lowest BCUT2D eigenvalue weighted by atomic mass is 10.0. The number of aliphatic hydroxyl groups excluding tert-OH is 1. The van der Waals surface area contributed by atoms with Crippen LogP contribution in [0.3, 0.4) is 0 Å². The summed E-state index contributed by atoms with van der Waals surface area (Å²) < 4.78 is 0. The van der Waals surface area contributed by atoms with E-state index in [2.05, 4.69) is 10.6 Å². The second-order valence-corrected chi connectivity index (χ2v) is 3.49. The fraction of sp³-hybridized carbons (Fsp3) is 1.00. The first-order valence-electron chi connectivity index (χ1n) is 4.96. The molecule has 1 fully saturated rings. The average Bonchev–Trinajstić information content (AvgIpc) is 2.33. The summed E-state index contributed by atoms with van der Waals surface area (Å²) in [6.07, 6.45) is 3.99. The van der Waals surface area contributed by atoms with Crippen molar-refractivity contribution in [2.75, 3.05) is 32.8 Å². The molecule has 3 N–H and O–H groups in total. The van der Waals surface area contributed by atoms with E-state index in [0.717, 1.165) is 25.6 Å². The van der Waals surface area contributed by atoms with Crippen LogP contribution in [0.25, 0.3) is 0 Å². The Balaban J connectivity index is 2.04. The SMILES string of the molecule is OCCNCC1CCCCNC1. The van der Waals surface area contributed by atoms with E-state index in [1.807, 2.05) is 0 Å². The van der Waals surface area contributed by atoms with Crippen LogP contribution in [0.4, 0.5) is 0 Å². The van der Waals surface area contributed by atoms with Gasteiger partial charge in [-0.25, -0.2) is 0 Å². The van der Waals surface area contributed by atoms with Crippen molar-refractivity contribution in [1.82, 2.24) is 10.6 Å². The third-order valence-corrected chi connectivity index (χ3v) is 2.37. The van der Waals surface area contributed by atoms with Gasteiger partial charge in [0.25, 0.3) is 0 Å². The molecule has 12 heavy (non-hydrogen) atoms. The first kappa shape index (κ1) is 9.96. The fourth-order valence-corrected chi connectivity index (χ4v) is 1.65. The van der Waals surface area contributed by atoms with Gasteiger partial charge in [-0.2, -0.15) is 0 Å². The van der Waals surface area contributed by atoms with Gasteiger partial charge in [0.05, 0.1) is 6.61 Å². The largest absolute Gasteiger partial charge is 0.395 e. The summed E-state index contributed by atoms with van der Waals surface area (Å²) >= 11 is 0. The van der Waals surface area contributed by atoms with Crippen LogP contribution in [-0.2, 0) is 0 Å². The van der Waals surface area contributed by atoms with Crippen LogP contribution >= 0.6 is 0 Å². The van der Waals surface area contributed by atoms with Gasteiger partial charge in [-0.15, -0.1) is 0 Å². The average molecular weight is 172 g/mol. The fourth-order valence-electron chi connectivity index (χ4n) is 1.65. The Morgan fingerprint density at radius 3 is 3.17 bits per heavy atom. The van der Waals surface area contributed by atoms with E-state index in [9.17, 15) is 0 Å². The first-order chi connectivity index (χ1) is 5.93. The zero-order chi connectivity index (χ0) is 8.65. The number of aliphatic hydroxyl groups is 1. The van der Waals surface area contributed by atoms with Gasteiger partial charge in [-0.1, -0.05) is 6.42 Å². The standard InChI is InChI=1S/C9H20N2O/c12-6-5-11-8-9-3-1-2-4-10-7-9/h9-12H,1-8H2. The molecule has 0 saturated carbocycles. The Hall–Kier alpha value is -0.120. The van der Waals surface area contributed by atoms with Crippen molar-refractivity contribution in [1.29, 1.82) is 0 Å². The highest BCUT2D eigenvalue weighted by Crippen LogP contribution is 2.09. The molecule has 0 aromatic carbocycles. The van der Waals surface area contributed by atoms with Crippen LogP contribution in [0.15, 0.2) is 0 Å². The van der Waals surface area contributed by atoms with E-state index >= 15 is 0 Å². The maximum Gasteiger partial charge on any atom is 0.0555 e.